The van der Waals surface area contributed by atoms with E-state index in [4.69, 9.17) is 0 Å². The van der Waals surface area contributed by atoms with E-state index in [1.807, 2.05) is 51.1 Å². The summed E-state index contributed by atoms with van der Waals surface area (Å²) >= 11 is 0. The van der Waals surface area contributed by atoms with E-state index >= 15 is 0 Å². The van der Waals surface area contributed by atoms with Crippen LogP contribution in [0, 0.1) is 5.41 Å². The lowest BCUT2D eigenvalue weighted by Gasteiger charge is -2.28. The van der Waals surface area contributed by atoms with E-state index in [1.54, 1.807) is 0 Å². The van der Waals surface area contributed by atoms with Crippen LogP contribution in [0.1, 0.15) is 117 Å². The zero-order valence-electron chi connectivity index (χ0n) is 21.4. The zero-order valence-corrected chi connectivity index (χ0v) is 21.4. The first-order valence-corrected chi connectivity index (χ1v) is 12.5. The first-order valence-electron chi connectivity index (χ1n) is 12.5. The molecule has 0 aliphatic heterocycles. The van der Waals surface area contributed by atoms with Gasteiger partial charge in [0.2, 0.25) is 5.91 Å². The number of amides is 2. The second-order valence-corrected chi connectivity index (χ2v) is 10.7. The van der Waals surface area contributed by atoms with Gasteiger partial charge in [-0.3, -0.25) is 14.4 Å². The number of H-pyrrole nitrogens is 1. The Bertz CT molecular complexity index is 1040. The molecule has 1 aromatic heterocycles. The van der Waals surface area contributed by atoms with Crippen LogP contribution in [0.15, 0.2) is 30.3 Å². The van der Waals surface area contributed by atoms with E-state index in [0.717, 1.165) is 36.1 Å². The van der Waals surface area contributed by atoms with E-state index < -0.39 is 6.04 Å². The summed E-state index contributed by atoms with van der Waals surface area (Å²) in [6.07, 6.45) is 3.49. The van der Waals surface area contributed by atoms with E-state index in [1.165, 1.54) is 0 Å². The summed E-state index contributed by atoms with van der Waals surface area (Å²) < 4.78 is 0. The maximum atomic E-state index is 13.5. The summed E-state index contributed by atoms with van der Waals surface area (Å²) in [5.41, 5.74) is 3.55. The molecule has 34 heavy (non-hydrogen) atoms. The molecule has 0 fully saturated rings. The van der Waals surface area contributed by atoms with Crippen LogP contribution in [0.4, 0.5) is 0 Å². The predicted octanol–water partition coefficient (Wildman–Crippen LogP) is 5.46. The number of fused-ring (bicyclic) bond motifs is 1. The lowest BCUT2D eigenvalue weighted by atomic mass is 9.74. The van der Waals surface area contributed by atoms with Crippen LogP contribution in [0.5, 0.6) is 0 Å². The molecule has 0 spiro atoms. The highest BCUT2D eigenvalue weighted by Crippen LogP contribution is 2.39. The van der Waals surface area contributed by atoms with Crippen molar-refractivity contribution in [3.8, 4) is 0 Å². The number of carbonyl (C=O) groups excluding carboxylic acids is 3. The van der Waals surface area contributed by atoms with Crippen molar-refractivity contribution in [2.24, 2.45) is 5.41 Å². The van der Waals surface area contributed by atoms with Gasteiger partial charge in [0, 0.05) is 17.7 Å². The lowest BCUT2D eigenvalue weighted by molar-refractivity contribution is -0.123. The maximum absolute atomic E-state index is 13.5. The Morgan fingerprint density at radius 3 is 2.35 bits per heavy atom. The highest BCUT2D eigenvalue weighted by Gasteiger charge is 2.37. The van der Waals surface area contributed by atoms with E-state index in [-0.39, 0.29) is 35.0 Å². The highest BCUT2D eigenvalue weighted by molar-refractivity contribution is 6.05. The molecule has 184 valence electrons. The third kappa shape index (κ3) is 5.78. The standard InChI is InChI=1S/C28H39N3O3/c1-7-8-14-20(26(33)29-18(4)19-12-10-9-11-13-19)31-27(34)25-23(17(2)3)24-21(30-25)15-28(5,6)16-22(24)32/h9-13,17-18,20,30H,7-8,14-16H2,1-6H3,(H,29,33)(H,31,34)/t18-,20-/m0/s1. The summed E-state index contributed by atoms with van der Waals surface area (Å²) in [6, 6.07) is 8.96. The Morgan fingerprint density at radius 1 is 1.06 bits per heavy atom. The fourth-order valence-electron chi connectivity index (χ4n) is 4.89. The van der Waals surface area contributed by atoms with E-state index in [0.29, 0.717) is 24.1 Å². The first kappa shape index (κ1) is 25.7. The highest BCUT2D eigenvalue weighted by atomic mass is 16.2. The molecular formula is C28H39N3O3. The average molecular weight is 466 g/mol. The van der Waals surface area contributed by atoms with Crippen molar-refractivity contribution in [3.05, 3.63) is 58.4 Å². The van der Waals surface area contributed by atoms with Gasteiger partial charge in [0.25, 0.3) is 5.91 Å². The number of aromatic nitrogens is 1. The van der Waals surface area contributed by atoms with Crippen molar-refractivity contribution in [3.63, 3.8) is 0 Å². The summed E-state index contributed by atoms with van der Waals surface area (Å²) in [4.78, 5) is 42.9. The summed E-state index contributed by atoms with van der Waals surface area (Å²) in [6.45, 7) is 12.1. The van der Waals surface area contributed by atoms with Crippen LogP contribution in [-0.4, -0.2) is 28.6 Å². The van der Waals surface area contributed by atoms with Crippen LogP contribution in [0.25, 0.3) is 0 Å². The minimum absolute atomic E-state index is 0.00642. The molecule has 0 saturated heterocycles. The van der Waals surface area contributed by atoms with Gasteiger partial charge in [-0.2, -0.15) is 0 Å². The first-order chi connectivity index (χ1) is 16.0. The monoisotopic (exact) mass is 465 g/mol. The van der Waals surface area contributed by atoms with Crippen molar-refractivity contribution in [1.29, 1.82) is 0 Å². The number of nitrogens with one attached hydrogen (secondary N) is 3. The third-order valence-corrected chi connectivity index (χ3v) is 6.62. The normalized spacial score (nSPS) is 16.6. The number of unbranched alkanes of at least 4 members (excludes halogenated alkanes) is 1. The van der Waals surface area contributed by atoms with Crippen molar-refractivity contribution in [2.75, 3.05) is 0 Å². The van der Waals surface area contributed by atoms with Gasteiger partial charge >= 0.3 is 0 Å². The van der Waals surface area contributed by atoms with Crippen LogP contribution in [-0.2, 0) is 11.2 Å². The lowest BCUT2D eigenvalue weighted by Crippen LogP contribution is -2.47. The quantitative estimate of drug-likeness (QED) is 0.459. The maximum Gasteiger partial charge on any atom is 0.268 e. The summed E-state index contributed by atoms with van der Waals surface area (Å²) in [5.74, 6) is -0.431. The molecule has 1 aliphatic rings. The van der Waals surface area contributed by atoms with Crippen LogP contribution >= 0.6 is 0 Å². The van der Waals surface area contributed by atoms with Crippen molar-refractivity contribution < 1.29 is 14.4 Å². The molecule has 2 atom stereocenters. The Labute approximate surface area is 203 Å². The van der Waals surface area contributed by atoms with Crippen LogP contribution < -0.4 is 10.6 Å². The Hall–Kier alpha value is -2.89. The minimum atomic E-state index is -0.647. The van der Waals surface area contributed by atoms with Gasteiger partial charge in [-0.05, 0) is 42.2 Å². The molecule has 2 aromatic rings. The minimum Gasteiger partial charge on any atom is -0.354 e. The molecule has 0 radical (unpaired) electrons. The van der Waals surface area contributed by atoms with Crippen LogP contribution in [0.3, 0.4) is 0 Å². The van der Waals surface area contributed by atoms with Gasteiger partial charge in [-0.25, -0.2) is 0 Å². The third-order valence-electron chi connectivity index (χ3n) is 6.62. The number of hydrogen-bond donors (Lipinski definition) is 3. The number of hydrogen-bond acceptors (Lipinski definition) is 3. The van der Waals surface area contributed by atoms with Gasteiger partial charge in [-0.15, -0.1) is 0 Å². The molecular weight excluding hydrogens is 426 g/mol. The predicted molar refractivity (Wildman–Crippen MR) is 135 cm³/mol. The zero-order chi connectivity index (χ0) is 25.0. The molecule has 1 aromatic carbocycles. The molecule has 0 unspecified atom stereocenters. The Morgan fingerprint density at radius 2 is 1.74 bits per heavy atom. The topological polar surface area (TPSA) is 91.1 Å². The fourth-order valence-corrected chi connectivity index (χ4v) is 4.89. The van der Waals surface area contributed by atoms with Gasteiger partial charge in [0.1, 0.15) is 11.7 Å². The largest absolute Gasteiger partial charge is 0.354 e. The fraction of sp³-hybridized carbons (Fsp3) is 0.536. The molecule has 6 nitrogen and oxygen atoms in total. The van der Waals surface area contributed by atoms with Crippen molar-refractivity contribution in [2.45, 2.75) is 91.6 Å². The number of Topliss-reactive ketones (excluding diaryl/α,β-unsaturated/α-hetero) is 1. The van der Waals surface area contributed by atoms with Gasteiger partial charge in [0.15, 0.2) is 5.78 Å². The number of ketones is 1. The van der Waals surface area contributed by atoms with Crippen LogP contribution in [0.2, 0.25) is 0 Å². The molecule has 2 amide bonds. The number of aromatic amines is 1. The van der Waals surface area contributed by atoms with Gasteiger partial charge < -0.3 is 15.6 Å². The van der Waals surface area contributed by atoms with Crippen molar-refractivity contribution in [1.82, 2.24) is 15.6 Å². The van der Waals surface area contributed by atoms with E-state index in [9.17, 15) is 14.4 Å². The van der Waals surface area contributed by atoms with Gasteiger partial charge in [-0.1, -0.05) is 77.8 Å². The second kappa shape index (κ2) is 10.6. The molecule has 1 aliphatic carbocycles. The molecule has 3 N–H and O–H groups in total. The smallest absolute Gasteiger partial charge is 0.268 e. The summed E-state index contributed by atoms with van der Waals surface area (Å²) in [7, 11) is 0. The summed E-state index contributed by atoms with van der Waals surface area (Å²) in [5, 5.41) is 6.02. The molecule has 0 saturated carbocycles. The molecule has 1 heterocycles. The average Bonchev–Trinajstić information content (AvgIpc) is 3.16. The molecule has 6 heteroatoms. The van der Waals surface area contributed by atoms with Gasteiger partial charge in [0.05, 0.1) is 6.04 Å². The molecule has 3 rings (SSSR count). The Balaban J connectivity index is 1.84. The van der Waals surface area contributed by atoms with Crippen molar-refractivity contribution >= 4 is 17.6 Å². The number of benzene rings is 1. The SMILES string of the molecule is CCCC[C@H](NC(=O)c1[nH]c2c(c1C(C)C)C(=O)CC(C)(C)C2)C(=O)N[C@@H](C)c1ccccc1. The Kier molecular flexibility index (Phi) is 8.01. The number of carbonyl (C=O) groups is 3. The van der Waals surface area contributed by atoms with E-state index in [2.05, 4.69) is 36.4 Å². The number of rotatable bonds is 9. The second-order valence-electron chi connectivity index (χ2n) is 10.7. The molecule has 0 bridgehead atoms.